The second kappa shape index (κ2) is 5.15. The van der Waals surface area contributed by atoms with Gasteiger partial charge in [-0.1, -0.05) is 11.6 Å². The van der Waals surface area contributed by atoms with Gasteiger partial charge in [-0.05, 0) is 6.07 Å². The summed E-state index contributed by atoms with van der Waals surface area (Å²) >= 11 is 5.30. The van der Waals surface area contributed by atoms with E-state index in [2.05, 4.69) is 0 Å². The summed E-state index contributed by atoms with van der Waals surface area (Å²) in [5.74, 6) is 0. The molecule has 116 valence electrons. The van der Waals surface area contributed by atoms with Crippen molar-refractivity contribution in [2.45, 2.75) is 9.79 Å². The summed E-state index contributed by atoms with van der Waals surface area (Å²) in [6.45, 7) is 0. The standard InChI is InChI=1S/C6H3ClN2O10S2/c7-2-1-3(20(14,15)16)5(9(12)13)6(21(17,18)19)4(2)8(10)11/h1H,(H,14,15,16)(H,17,18,19). The summed E-state index contributed by atoms with van der Waals surface area (Å²) < 4.78 is 62.0. The fourth-order valence-corrected chi connectivity index (χ4v) is 3.37. The van der Waals surface area contributed by atoms with Crippen molar-refractivity contribution in [3.05, 3.63) is 31.3 Å². The van der Waals surface area contributed by atoms with Crippen LogP contribution in [-0.2, 0) is 20.2 Å². The molecule has 1 rings (SSSR count). The maximum atomic E-state index is 11.1. The summed E-state index contributed by atoms with van der Waals surface area (Å²) in [4.78, 5) is 14.9. The third-order valence-corrected chi connectivity index (χ3v) is 4.11. The Morgan fingerprint density at radius 3 is 1.67 bits per heavy atom. The summed E-state index contributed by atoms with van der Waals surface area (Å²) in [5, 5.41) is 20.4. The Morgan fingerprint density at radius 2 is 1.38 bits per heavy atom. The monoisotopic (exact) mass is 362 g/mol. The molecule has 0 aromatic heterocycles. The topological polar surface area (TPSA) is 195 Å². The Hall–Kier alpha value is -1.87. The highest BCUT2D eigenvalue weighted by Crippen LogP contribution is 2.42. The fraction of sp³-hybridized carbons (Fsp3) is 0. The van der Waals surface area contributed by atoms with Gasteiger partial charge in [0.1, 0.15) is 5.02 Å². The van der Waals surface area contributed by atoms with Crippen LogP contribution in [0.4, 0.5) is 11.4 Å². The second-order valence-electron chi connectivity index (χ2n) is 3.35. The van der Waals surface area contributed by atoms with Gasteiger partial charge in [0.15, 0.2) is 4.90 Å². The first-order chi connectivity index (χ1) is 9.28. The van der Waals surface area contributed by atoms with Gasteiger partial charge in [-0.2, -0.15) is 16.8 Å². The van der Waals surface area contributed by atoms with Crippen LogP contribution >= 0.6 is 11.6 Å². The molecule has 1 aromatic rings. The van der Waals surface area contributed by atoms with E-state index in [1.807, 2.05) is 0 Å². The molecule has 1 aromatic carbocycles. The third-order valence-electron chi connectivity index (χ3n) is 2.05. The van der Waals surface area contributed by atoms with Crippen LogP contribution in [0.1, 0.15) is 0 Å². The van der Waals surface area contributed by atoms with Crippen molar-refractivity contribution in [1.82, 2.24) is 0 Å². The van der Waals surface area contributed by atoms with Gasteiger partial charge in [-0.3, -0.25) is 29.3 Å². The minimum atomic E-state index is -5.60. The number of hydrogen-bond acceptors (Lipinski definition) is 8. The van der Waals surface area contributed by atoms with E-state index in [9.17, 15) is 37.1 Å². The number of benzene rings is 1. The SMILES string of the molecule is O=[N+]([O-])c1c(Cl)cc(S(=O)(=O)O)c([N+](=O)[O-])c1S(=O)(=O)O. The van der Waals surface area contributed by atoms with Crippen molar-refractivity contribution in [3.63, 3.8) is 0 Å². The summed E-state index contributed by atoms with van der Waals surface area (Å²) in [6.07, 6.45) is 0. The molecule has 0 aliphatic heterocycles. The van der Waals surface area contributed by atoms with Crippen molar-refractivity contribution < 1.29 is 35.8 Å². The summed E-state index contributed by atoms with van der Waals surface area (Å²) in [6, 6.07) is 0.127. The number of halogens is 1. The van der Waals surface area contributed by atoms with Gasteiger partial charge in [0, 0.05) is 0 Å². The van der Waals surface area contributed by atoms with Gasteiger partial charge in [0.05, 0.1) is 9.85 Å². The number of hydrogen-bond donors (Lipinski definition) is 2. The zero-order valence-corrected chi connectivity index (χ0v) is 11.7. The second-order valence-corrected chi connectivity index (χ2v) is 6.50. The normalized spacial score (nSPS) is 12.1. The Morgan fingerprint density at radius 1 is 0.952 bits per heavy atom. The van der Waals surface area contributed by atoms with Crippen LogP contribution < -0.4 is 0 Å². The quantitative estimate of drug-likeness (QED) is 0.435. The van der Waals surface area contributed by atoms with Crippen LogP contribution in [0.25, 0.3) is 0 Å². The first-order valence-corrected chi connectivity index (χ1v) is 7.64. The predicted octanol–water partition coefficient (Wildman–Crippen LogP) is 0.650. The first kappa shape index (κ1) is 17.2. The van der Waals surface area contributed by atoms with Crippen molar-refractivity contribution in [2.75, 3.05) is 0 Å². The van der Waals surface area contributed by atoms with Gasteiger partial charge >= 0.3 is 31.6 Å². The lowest BCUT2D eigenvalue weighted by Crippen LogP contribution is -2.12. The van der Waals surface area contributed by atoms with E-state index < -0.39 is 56.3 Å². The molecule has 0 bridgehead atoms. The van der Waals surface area contributed by atoms with Gasteiger partial charge in [0.25, 0.3) is 4.90 Å². The molecule has 0 aliphatic carbocycles. The molecule has 0 saturated carbocycles. The zero-order chi connectivity index (χ0) is 16.7. The minimum Gasteiger partial charge on any atom is -0.282 e. The molecule has 0 heterocycles. The largest absolute Gasteiger partial charge is 0.318 e. The van der Waals surface area contributed by atoms with Gasteiger partial charge in [0.2, 0.25) is 0 Å². The van der Waals surface area contributed by atoms with Crippen LogP contribution in [0.3, 0.4) is 0 Å². The molecule has 0 radical (unpaired) electrons. The lowest BCUT2D eigenvalue weighted by Gasteiger charge is -2.06. The third kappa shape index (κ3) is 3.24. The molecular formula is C6H3ClN2O10S2. The number of nitrogens with zero attached hydrogens (tertiary/aromatic N) is 2. The van der Waals surface area contributed by atoms with E-state index in [0.717, 1.165) is 0 Å². The van der Waals surface area contributed by atoms with E-state index in [-0.39, 0.29) is 6.07 Å². The molecule has 0 fully saturated rings. The number of nitro groups is 2. The molecule has 0 amide bonds. The maximum Gasteiger partial charge on any atom is 0.318 e. The van der Waals surface area contributed by atoms with Gasteiger partial charge in [-0.25, -0.2) is 0 Å². The van der Waals surface area contributed by atoms with Gasteiger partial charge in [-0.15, -0.1) is 0 Å². The average molecular weight is 363 g/mol. The molecule has 0 saturated heterocycles. The smallest absolute Gasteiger partial charge is 0.282 e. The first-order valence-electron chi connectivity index (χ1n) is 4.38. The maximum absolute atomic E-state index is 11.1. The van der Waals surface area contributed by atoms with E-state index in [0.29, 0.717) is 0 Å². The highest BCUT2D eigenvalue weighted by atomic mass is 35.5. The van der Waals surface area contributed by atoms with Crippen LogP contribution in [0, 0.1) is 20.2 Å². The lowest BCUT2D eigenvalue weighted by molar-refractivity contribution is -0.401. The molecule has 15 heteroatoms. The number of rotatable bonds is 4. The minimum absolute atomic E-state index is 0.127. The van der Waals surface area contributed by atoms with E-state index >= 15 is 0 Å². The zero-order valence-electron chi connectivity index (χ0n) is 9.33. The molecule has 0 unspecified atom stereocenters. The van der Waals surface area contributed by atoms with Crippen molar-refractivity contribution >= 4 is 43.2 Å². The number of nitro benzene ring substituents is 2. The summed E-state index contributed by atoms with van der Waals surface area (Å²) in [5.41, 5.74) is -3.49. The highest BCUT2D eigenvalue weighted by molar-refractivity contribution is 7.87. The molecule has 2 N–H and O–H groups in total. The Kier molecular flexibility index (Phi) is 4.22. The Labute approximate surface area is 120 Å². The molecule has 12 nitrogen and oxygen atoms in total. The van der Waals surface area contributed by atoms with Crippen molar-refractivity contribution in [2.24, 2.45) is 0 Å². The van der Waals surface area contributed by atoms with Crippen LogP contribution in [-0.4, -0.2) is 35.8 Å². The molecular weight excluding hydrogens is 360 g/mol. The van der Waals surface area contributed by atoms with Crippen LogP contribution in [0.5, 0.6) is 0 Å². The van der Waals surface area contributed by atoms with Gasteiger partial charge < -0.3 is 0 Å². The predicted molar refractivity (Wildman–Crippen MR) is 64.4 cm³/mol. The Bertz CT molecular complexity index is 858. The van der Waals surface area contributed by atoms with Crippen LogP contribution in [0.2, 0.25) is 5.02 Å². The van der Waals surface area contributed by atoms with E-state index in [1.165, 1.54) is 0 Å². The molecule has 0 aliphatic rings. The van der Waals surface area contributed by atoms with Crippen LogP contribution in [0.15, 0.2) is 15.9 Å². The molecule has 0 atom stereocenters. The Balaban J connectivity index is 4.28. The van der Waals surface area contributed by atoms with Crippen molar-refractivity contribution in [1.29, 1.82) is 0 Å². The molecule has 21 heavy (non-hydrogen) atoms. The van der Waals surface area contributed by atoms with E-state index in [4.69, 9.17) is 20.7 Å². The highest BCUT2D eigenvalue weighted by Gasteiger charge is 2.42. The average Bonchev–Trinajstić information content (AvgIpc) is 2.23. The fourth-order valence-electron chi connectivity index (χ4n) is 1.37. The molecule has 0 spiro atoms. The van der Waals surface area contributed by atoms with Crippen molar-refractivity contribution in [3.8, 4) is 0 Å². The van der Waals surface area contributed by atoms with E-state index in [1.54, 1.807) is 0 Å². The lowest BCUT2D eigenvalue weighted by atomic mass is 10.3. The summed E-state index contributed by atoms with van der Waals surface area (Å²) in [7, 11) is -11.0.